The van der Waals surface area contributed by atoms with Gasteiger partial charge in [0.05, 0.1) is 0 Å². The summed E-state index contributed by atoms with van der Waals surface area (Å²) in [7, 11) is 0. The number of hydrogen-bond donors (Lipinski definition) is 4. The molecule has 1 aromatic rings. The fraction of sp³-hybridized carbons (Fsp3) is 0.600. The van der Waals surface area contributed by atoms with Gasteiger partial charge < -0.3 is 21.3 Å². The van der Waals surface area contributed by atoms with Crippen LogP contribution in [0.25, 0.3) is 0 Å². The quantitative estimate of drug-likeness (QED) is 0.203. The molecule has 0 saturated heterocycles. The molecular weight excluding hydrogens is 512 g/mol. The van der Waals surface area contributed by atoms with E-state index in [-0.39, 0.29) is 29.7 Å². The van der Waals surface area contributed by atoms with Crippen molar-refractivity contribution >= 4 is 35.0 Å². The van der Waals surface area contributed by atoms with E-state index in [2.05, 4.69) is 28.2 Å². The van der Waals surface area contributed by atoms with Gasteiger partial charge >= 0.3 is 0 Å². The lowest BCUT2D eigenvalue weighted by Crippen LogP contribution is -2.55. The monoisotopic (exact) mass is 558 g/mol. The molecule has 3 atom stereocenters. The molecule has 1 aromatic heterocycles. The predicted octanol–water partition coefficient (Wildman–Crippen LogP) is 4.17. The highest BCUT2D eigenvalue weighted by Crippen LogP contribution is 2.13. The van der Waals surface area contributed by atoms with Crippen molar-refractivity contribution in [3.05, 3.63) is 46.7 Å². The molecule has 216 valence electrons. The van der Waals surface area contributed by atoms with Crippen molar-refractivity contribution in [1.82, 2.24) is 21.3 Å². The highest BCUT2D eigenvalue weighted by atomic mass is 32.1. The summed E-state index contributed by atoms with van der Waals surface area (Å²) in [6, 6.07) is 1.77. The Morgan fingerprint density at radius 3 is 2.51 bits per heavy atom. The lowest BCUT2D eigenvalue weighted by molar-refractivity contribution is -0.131. The normalized spacial score (nSPS) is 20.6. The number of thiophene rings is 1. The van der Waals surface area contributed by atoms with Crippen LogP contribution in [-0.2, 0) is 25.6 Å². The summed E-state index contributed by atoms with van der Waals surface area (Å²) in [5.74, 6) is -1.10. The van der Waals surface area contributed by atoms with Gasteiger partial charge in [-0.2, -0.15) is 0 Å². The third-order valence-electron chi connectivity index (χ3n) is 6.65. The molecule has 4 amide bonds. The Hall–Kier alpha value is -2.94. The van der Waals surface area contributed by atoms with Crippen molar-refractivity contribution in [2.75, 3.05) is 6.54 Å². The highest BCUT2D eigenvalue weighted by molar-refractivity contribution is 7.09. The molecule has 0 saturated carbocycles. The van der Waals surface area contributed by atoms with Gasteiger partial charge in [0, 0.05) is 36.4 Å². The second-order valence-electron chi connectivity index (χ2n) is 10.4. The zero-order valence-electron chi connectivity index (χ0n) is 23.7. The summed E-state index contributed by atoms with van der Waals surface area (Å²) in [6.45, 7) is 6.50. The second-order valence-corrected chi connectivity index (χ2v) is 11.4. The number of rotatable bonds is 14. The van der Waals surface area contributed by atoms with E-state index in [9.17, 15) is 19.2 Å². The van der Waals surface area contributed by atoms with E-state index in [0.717, 1.165) is 24.1 Å². The summed E-state index contributed by atoms with van der Waals surface area (Å²) >= 11 is 1.53. The minimum Gasteiger partial charge on any atom is -0.352 e. The first-order valence-corrected chi connectivity index (χ1v) is 15.2. The van der Waals surface area contributed by atoms with Gasteiger partial charge in [-0.15, -0.1) is 11.3 Å². The minimum atomic E-state index is -0.909. The maximum Gasteiger partial charge on any atom is 0.247 e. The summed E-state index contributed by atoms with van der Waals surface area (Å²) in [5.41, 5.74) is 0. The second kappa shape index (κ2) is 18.4. The highest BCUT2D eigenvalue weighted by Gasteiger charge is 2.27. The Kier molecular flexibility index (Phi) is 15.2. The maximum atomic E-state index is 13.4. The molecule has 8 nitrogen and oxygen atoms in total. The van der Waals surface area contributed by atoms with E-state index >= 15 is 0 Å². The fourth-order valence-corrected chi connectivity index (χ4v) is 5.01. The van der Waals surface area contributed by atoms with Crippen LogP contribution in [0.15, 0.2) is 41.8 Å². The van der Waals surface area contributed by atoms with E-state index in [1.165, 1.54) is 43.1 Å². The van der Waals surface area contributed by atoms with E-state index in [1.807, 2.05) is 31.4 Å². The SMILES string of the molecule is CCCCCCCCCC(=O)N[C@@H](Cc1cccs1)C(=O)N[C@H]1/C=C/CCNC(=O)/C=C/[C@H](C(C)C)NC1=O. The smallest absolute Gasteiger partial charge is 0.247 e. The number of unbranched alkanes of at least 4 members (excludes halogenated alkanes) is 6. The van der Waals surface area contributed by atoms with Gasteiger partial charge in [-0.25, -0.2) is 0 Å². The Labute approximate surface area is 237 Å². The molecule has 0 aromatic carbocycles. The van der Waals surface area contributed by atoms with Crippen molar-refractivity contribution < 1.29 is 19.2 Å². The zero-order valence-corrected chi connectivity index (χ0v) is 24.5. The van der Waals surface area contributed by atoms with Crippen LogP contribution in [0.1, 0.15) is 83.4 Å². The Balaban J connectivity index is 2.05. The van der Waals surface area contributed by atoms with Gasteiger partial charge in [0.2, 0.25) is 23.6 Å². The van der Waals surface area contributed by atoms with Gasteiger partial charge in [-0.1, -0.05) is 83.6 Å². The van der Waals surface area contributed by atoms with Gasteiger partial charge in [0.1, 0.15) is 12.1 Å². The number of carbonyl (C=O) groups is 4. The third-order valence-corrected chi connectivity index (χ3v) is 7.54. The largest absolute Gasteiger partial charge is 0.352 e. The Morgan fingerprint density at radius 1 is 1.08 bits per heavy atom. The number of amides is 4. The average Bonchev–Trinajstić information content (AvgIpc) is 3.41. The van der Waals surface area contributed by atoms with Crippen molar-refractivity contribution in [2.45, 2.75) is 103 Å². The molecule has 1 aliphatic rings. The van der Waals surface area contributed by atoms with Gasteiger partial charge in [0.25, 0.3) is 0 Å². The first-order valence-electron chi connectivity index (χ1n) is 14.3. The molecule has 1 aliphatic heterocycles. The van der Waals surface area contributed by atoms with Crippen molar-refractivity contribution in [3.8, 4) is 0 Å². The third kappa shape index (κ3) is 13.1. The summed E-state index contributed by atoms with van der Waals surface area (Å²) in [4.78, 5) is 52.3. The van der Waals surface area contributed by atoms with Crippen LogP contribution in [0.5, 0.6) is 0 Å². The predicted molar refractivity (Wildman–Crippen MR) is 157 cm³/mol. The number of carbonyl (C=O) groups excluding carboxylic acids is 4. The van der Waals surface area contributed by atoms with Crippen LogP contribution in [0.3, 0.4) is 0 Å². The first kappa shape index (κ1) is 32.3. The average molecular weight is 559 g/mol. The molecule has 39 heavy (non-hydrogen) atoms. The number of hydrogen-bond acceptors (Lipinski definition) is 5. The van der Waals surface area contributed by atoms with Gasteiger partial charge in [-0.05, 0) is 30.2 Å². The molecule has 0 fully saturated rings. The Bertz CT molecular complexity index is 958. The molecular formula is C30H46N4O4S. The number of nitrogens with one attached hydrogen (secondary N) is 4. The van der Waals surface area contributed by atoms with E-state index in [0.29, 0.717) is 25.8 Å². The van der Waals surface area contributed by atoms with Crippen LogP contribution < -0.4 is 21.3 Å². The standard InChI is InChI=1S/C30H46N4O4S/c1-4-5-6-7-8-9-10-16-28(36)32-26(21-23-14-13-20-39-23)30(38)34-25-15-11-12-19-31-27(35)18-17-24(22(2)3)33-29(25)37/h11,13-15,17-18,20,22,24-26H,4-10,12,16,19,21H2,1-3H3,(H,31,35)(H,32,36)(H,33,37)(H,34,38)/b15-11+,18-17+/t24-,25+,26+/m1/s1. The molecule has 0 radical (unpaired) electrons. The van der Waals surface area contributed by atoms with Gasteiger partial charge in [-0.3, -0.25) is 19.2 Å². The Morgan fingerprint density at radius 2 is 1.82 bits per heavy atom. The molecule has 2 heterocycles. The van der Waals surface area contributed by atoms with Crippen molar-refractivity contribution in [3.63, 3.8) is 0 Å². The van der Waals surface area contributed by atoms with Crippen molar-refractivity contribution in [2.24, 2.45) is 5.92 Å². The van der Waals surface area contributed by atoms with Crippen LogP contribution in [-0.4, -0.2) is 48.3 Å². The molecule has 4 N–H and O–H groups in total. The zero-order chi connectivity index (χ0) is 28.5. The van der Waals surface area contributed by atoms with Crippen LogP contribution in [0.4, 0.5) is 0 Å². The summed E-state index contributed by atoms with van der Waals surface area (Å²) in [5, 5.41) is 13.4. The van der Waals surface area contributed by atoms with E-state index in [4.69, 9.17) is 0 Å². The van der Waals surface area contributed by atoms with Crippen molar-refractivity contribution in [1.29, 1.82) is 0 Å². The summed E-state index contributed by atoms with van der Waals surface area (Å²) < 4.78 is 0. The first-order chi connectivity index (χ1) is 18.8. The van der Waals surface area contributed by atoms with Crippen LogP contribution >= 0.6 is 11.3 Å². The molecule has 0 bridgehead atoms. The lowest BCUT2D eigenvalue weighted by Gasteiger charge is -2.25. The molecule has 9 heteroatoms. The fourth-order valence-electron chi connectivity index (χ4n) is 4.26. The molecule has 0 aliphatic carbocycles. The molecule has 0 spiro atoms. The summed E-state index contributed by atoms with van der Waals surface area (Å²) in [6.07, 6.45) is 15.6. The maximum absolute atomic E-state index is 13.4. The van der Waals surface area contributed by atoms with E-state index in [1.54, 1.807) is 18.2 Å². The van der Waals surface area contributed by atoms with Crippen LogP contribution in [0.2, 0.25) is 0 Å². The topological polar surface area (TPSA) is 116 Å². The molecule has 2 rings (SSSR count). The van der Waals surface area contributed by atoms with Gasteiger partial charge in [0.15, 0.2) is 0 Å². The molecule has 0 unspecified atom stereocenters. The lowest BCUT2D eigenvalue weighted by atomic mass is 10.0. The van der Waals surface area contributed by atoms with Crippen LogP contribution in [0, 0.1) is 5.92 Å². The minimum absolute atomic E-state index is 0.0405. The van der Waals surface area contributed by atoms with E-state index < -0.39 is 18.0 Å².